The second-order valence-corrected chi connectivity index (χ2v) is 8.92. The smallest absolute Gasteiger partial charge is 0.377 e. The number of carbonyl (C=O) groups excluding carboxylic acids is 1. The molecule has 28 heavy (non-hydrogen) atoms. The first kappa shape index (κ1) is 21.6. The van der Waals surface area contributed by atoms with Gasteiger partial charge in [0.25, 0.3) is 5.78 Å². The van der Waals surface area contributed by atoms with Gasteiger partial charge in [0.15, 0.2) is 0 Å². The lowest BCUT2D eigenvalue weighted by Gasteiger charge is -2.23. The molecule has 0 aliphatic carbocycles. The first-order valence-electron chi connectivity index (χ1n) is 8.83. The maximum atomic E-state index is 12.7. The van der Waals surface area contributed by atoms with Crippen LogP contribution in [0, 0.1) is 13.8 Å². The number of carbonyl (C=O) groups is 2. The minimum absolute atomic E-state index is 0.0210. The van der Waals surface area contributed by atoms with Gasteiger partial charge in [-0.15, -0.1) is 0 Å². The Morgan fingerprint density at radius 2 is 1.54 bits per heavy atom. The molecule has 7 heteroatoms. The third-order valence-electron chi connectivity index (χ3n) is 4.92. The second-order valence-electron chi connectivity index (χ2n) is 7.37. The predicted molar refractivity (Wildman–Crippen MR) is 105 cm³/mol. The Hall–Kier alpha value is -2.67. The van der Waals surface area contributed by atoms with Crippen molar-refractivity contribution in [2.75, 3.05) is 0 Å². The van der Waals surface area contributed by atoms with Crippen LogP contribution in [-0.4, -0.2) is 25.3 Å². The Labute approximate surface area is 165 Å². The third kappa shape index (κ3) is 4.42. The SMILES string of the molecule is CCC(C)(C)c1ccc(S(=O)(=O)Oc2c(C)cc(C(=O)C(=O)O)cc2C)cc1. The van der Waals surface area contributed by atoms with E-state index in [1.54, 1.807) is 26.0 Å². The lowest BCUT2D eigenvalue weighted by molar-refractivity contribution is -0.131. The monoisotopic (exact) mass is 404 g/mol. The topological polar surface area (TPSA) is 97.7 Å². The Morgan fingerprint density at radius 3 is 1.96 bits per heavy atom. The van der Waals surface area contributed by atoms with Crippen LogP contribution in [0.1, 0.15) is 54.2 Å². The van der Waals surface area contributed by atoms with Gasteiger partial charge in [-0.05, 0) is 66.6 Å². The fourth-order valence-electron chi connectivity index (χ4n) is 2.77. The van der Waals surface area contributed by atoms with E-state index in [4.69, 9.17) is 9.29 Å². The highest BCUT2D eigenvalue weighted by molar-refractivity contribution is 7.87. The van der Waals surface area contributed by atoms with Crippen molar-refractivity contribution in [2.45, 2.75) is 51.3 Å². The molecule has 0 unspecified atom stereocenters. The number of carboxylic acids is 1. The molecule has 150 valence electrons. The minimum atomic E-state index is -4.08. The van der Waals surface area contributed by atoms with Crippen molar-refractivity contribution in [1.82, 2.24) is 0 Å². The molecule has 0 fully saturated rings. The van der Waals surface area contributed by atoms with E-state index >= 15 is 0 Å². The van der Waals surface area contributed by atoms with Gasteiger partial charge in [-0.2, -0.15) is 8.42 Å². The van der Waals surface area contributed by atoms with Crippen LogP contribution in [0.2, 0.25) is 0 Å². The maximum absolute atomic E-state index is 12.7. The lowest BCUT2D eigenvalue weighted by Crippen LogP contribution is -2.17. The van der Waals surface area contributed by atoms with E-state index in [1.165, 1.54) is 24.3 Å². The van der Waals surface area contributed by atoms with Crippen molar-refractivity contribution in [3.8, 4) is 5.75 Å². The second kappa shape index (κ2) is 7.75. The molecule has 0 atom stereocenters. The molecule has 2 rings (SSSR count). The van der Waals surface area contributed by atoms with E-state index in [0.717, 1.165) is 12.0 Å². The van der Waals surface area contributed by atoms with Crippen LogP contribution in [0.25, 0.3) is 0 Å². The van der Waals surface area contributed by atoms with Gasteiger partial charge in [0, 0.05) is 5.56 Å². The van der Waals surface area contributed by atoms with Crippen LogP contribution >= 0.6 is 0 Å². The minimum Gasteiger partial charge on any atom is -0.475 e. The molecule has 0 aliphatic rings. The van der Waals surface area contributed by atoms with Crippen LogP contribution < -0.4 is 4.18 Å². The Morgan fingerprint density at radius 1 is 1.04 bits per heavy atom. The fraction of sp³-hybridized carbons (Fsp3) is 0.333. The van der Waals surface area contributed by atoms with Crippen LogP contribution in [-0.2, 0) is 20.3 Å². The molecule has 0 saturated heterocycles. The quantitative estimate of drug-likeness (QED) is 0.425. The zero-order valence-corrected chi connectivity index (χ0v) is 17.4. The van der Waals surface area contributed by atoms with Gasteiger partial charge < -0.3 is 9.29 Å². The van der Waals surface area contributed by atoms with E-state index < -0.39 is 21.9 Å². The molecule has 2 aromatic carbocycles. The average Bonchev–Trinajstić information content (AvgIpc) is 2.63. The molecule has 0 bridgehead atoms. The molecule has 0 saturated carbocycles. The van der Waals surface area contributed by atoms with E-state index in [1.807, 2.05) is 0 Å². The largest absolute Gasteiger partial charge is 0.475 e. The number of aliphatic carboxylic acids is 1. The molecule has 0 spiro atoms. The molecular formula is C21H24O6S. The summed E-state index contributed by atoms with van der Waals surface area (Å²) in [5, 5.41) is 8.84. The number of ketones is 1. The molecular weight excluding hydrogens is 380 g/mol. The summed E-state index contributed by atoms with van der Waals surface area (Å²) in [5.41, 5.74) is 1.65. The normalized spacial score (nSPS) is 11.9. The number of Topliss-reactive ketones (excluding diaryl/α,β-unsaturated/α-hetero) is 1. The zero-order valence-electron chi connectivity index (χ0n) is 16.6. The fourth-order valence-corrected chi connectivity index (χ4v) is 3.82. The standard InChI is InChI=1S/C21H24O6S/c1-6-21(4,5)16-7-9-17(10-8-16)28(25,26)27-19-13(2)11-15(12-14(19)3)18(22)20(23)24/h7-12H,6H2,1-5H3,(H,23,24). The van der Waals surface area contributed by atoms with Crippen LogP contribution in [0.5, 0.6) is 5.75 Å². The lowest BCUT2D eigenvalue weighted by atomic mass is 9.82. The highest BCUT2D eigenvalue weighted by atomic mass is 32.2. The summed E-state index contributed by atoms with van der Waals surface area (Å²) in [7, 11) is -4.08. The number of carboxylic acid groups (broad SMARTS) is 1. The van der Waals surface area contributed by atoms with Crippen molar-refractivity contribution in [1.29, 1.82) is 0 Å². The van der Waals surface area contributed by atoms with Crippen molar-refractivity contribution in [2.24, 2.45) is 0 Å². The number of hydrogen-bond acceptors (Lipinski definition) is 5. The first-order valence-corrected chi connectivity index (χ1v) is 10.2. The molecule has 0 heterocycles. The zero-order chi connectivity index (χ0) is 21.3. The van der Waals surface area contributed by atoms with Crippen LogP contribution in [0.3, 0.4) is 0 Å². The number of benzene rings is 2. The van der Waals surface area contributed by atoms with E-state index in [2.05, 4.69) is 20.8 Å². The summed E-state index contributed by atoms with van der Waals surface area (Å²) in [6.07, 6.45) is 0.912. The van der Waals surface area contributed by atoms with E-state index in [0.29, 0.717) is 11.1 Å². The van der Waals surface area contributed by atoms with Crippen molar-refractivity contribution in [3.05, 3.63) is 58.7 Å². The number of rotatable bonds is 7. The molecule has 0 aromatic heterocycles. The van der Waals surface area contributed by atoms with Gasteiger partial charge in [0.2, 0.25) is 0 Å². The third-order valence-corrected chi connectivity index (χ3v) is 6.15. The predicted octanol–water partition coefficient (Wildman–Crippen LogP) is 4.03. The molecule has 2 aromatic rings. The highest BCUT2D eigenvalue weighted by Crippen LogP contribution is 2.30. The molecule has 0 amide bonds. The van der Waals surface area contributed by atoms with Gasteiger partial charge in [-0.1, -0.05) is 32.9 Å². The van der Waals surface area contributed by atoms with Gasteiger partial charge in [0.1, 0.15) is 10.6 Å². The summed E-state index contributed by atoms with van der Waals surface area (Å²) in [6, 6.07) is 9.18. The molecule has 0 radical (unpaired) electrons. The summed E-state index contributed by atoms with van der Waals surface area (Å²) < 4.78 is 30.7. The Balaban J connectivity index is 2.37. The highest BCUT2D eigenvalue weighted by Gasteiger charge is 2.24. The van der Waals surface area contributed by atoms with Crippen molar-refractivity contribution < 1.29 is 27.3 Å². The summed E-state index contributed by atoms with van der Waals surface area (Å²) in [6.45, 7) is 9.35. The van der Waals surface area contributed by atoms with Crippen molar-refractivity contribution in [3.63, 3.8) is 0 Å². The molecule has 0 aliphatic heterocycles. The first-order chi connectivity index (χ1) is 12.9. The number of hydrogen-bond donors (Lipinski definition) is 1. The van der Waals surface area contributed by atoms with Gasteiger partial charge in [0.05, 0.1) is 0 Å². The van der Waals surface area contributed by atoms with Gasteiger partial charge >= 0.3 is 16.1 Å². The van der Waals surface area contributed by atoms with E-state index in [9.17, 15) is 18.0 Å². The summed E-state index contributed by atoms with van der Waals surface area (Å²) in [5.74, 6) is -2.55. The average molecular weight is 404 g/mol. The van der Waals surface area contributed by atoms with Gasteiger partial charge in [-0.25, -0.2) is 4.79 Å². The van der Waals surface area contributed by atoms with Crippen LogP contribution in [0.4, 0.5) is 0 Å². The summed E-state index contributed by atoms with van der Waals surface area (Å²) in [4.78, 5) is 22.5. The summed E-state index contributed by atoms with van der Waals surface area (Å²) >= 11 is 0. The number of aryl methyl sites for hydroxylation is 2. The van der Waals surface area contributed by atoms with E-state index in [-0.39, 0.29) is 21.6 Å². The van der Waals surface area contributed by atoms with Gasteiger partial charge in [-0.3, -0.25) is 4.79 Å². The van der Waals surface area contributed by atoms with Crippen molar-refractivity contribution >= 4 is 21.9 Å². The molecule has 1 N–H and O–H groups in total. The Kier molecular flexibility index (Phi) is 5.99. The van der Waals surface area contributed by atoms with Crippen LogP contribution in [0.15, 0.2) is 41.3 Å². The maximum Gasteiger partial charge on any atom is 0.377 e. The Bertz CT molecular complexity index is 994. The molecule has 6 nitrogen and oxygen atoms in total.